The molecule has 3 rings (SSSR count). The number of benzene rings is 2. The molecule has 0 atom stereocenters. The van der Waals surface area contributed by atoms with E-state index in [0.29, 0.717) is 6.61 Å². The van der Waals surface area contributed by atoms with Gasteiger partial charge in [0.25, 0.3) is 0 Å². The molecule has 0 aliphatic rings. The minimum Gasteiger partial charge on any atom is -0.493 e. The predicted molar refractivity (Wildman–Crippen MR) is 105 cm³/mol. The summed E-state index contributed by atoms with van der Waals surface area (Å²) in [5.74, 6) is 1.50. The van der Waals surface area contributed by atoms with Crippen molar-refractivity contribution < 1.29 is 9.47 Å². The molecular weight excluding hydrogens is 330 g/mol. The van der Waals surface area contributed by atoms with Gasteiger partial charge in [-0.2, -0.15) is 0 Å². The monoisotopic (exact) mass is 351 g/mol. The van der Waals surface area contributed by atoms with Crippen LogP contribution in [0.2, 0.25) is 0 Å². The van der Waals surface area contributed by atoms with Crippen molar-refractivity contribution in [2.24, 2.45) is 0 Å². The highest BCUT2D eigenvalue weighted by Gasteiger charge is 2.05. The van der Waals surface area contributed by atoms with Gasteiger partial charge in [0.1, 0.15) is 5.01 Å². The molecule has 0 unspecified atom stereocenters. The number of ether oxygens (including phenoxy) is 2. The van der Waals surface area contributed by atoms with Gasteiger partial charge < -0.3 is 9.47 Å². The van der Waals surface area contributed by atoms with E-state index in [9.17, 15) is 0 Å². The Kier molecular flexibility index (Phi) is 5.51. The molecule has 4 heteroatoms. The van der Waals surface area contributed by atoms with Crippen LogP contribution in [0.3, 0.4) is 0 Å². The second-order valence-electron chi connectivity index (χ2n) is 5.61. The number of rotatable bonds is 6. The number of thiazole rings is 1. The average Bonchev–Trinajstić information content (AvgIpc) is 3.10. The van der Waals surface area contributed by atoms with Crippen molar-refractivity contribution >= 4 is 23.5 Å². The Bertz CT molecular complexity index is 866. The molecule has 1 aromatic heterocycles. The first kappa shape index (κ1) is 17.2. The van der Waals surface area contributed by atoms with Gasteiger partial charge in [0.2, 0.25) is 0 Å². The van der Waals surface area contributed by atoms with Crippen molar-refractivity contribution in [3.63, 3.8) is 0 Å². The summed E-state index contributed by atoms with van der Waals surface area (Å²) in [6, 6.07) is 14.3. The second kappa shape index (κ2) is 7.99. The molecule has 0 saturated heterocycles. The van der Waals surface area contributed by atoms with Crippen molar-refractivity contribution in [1.82, 2.24) is 4.98 Å². The van der Waals surface area contributed by atoms with Gasteiger partial charge in [0.05, 0.1) is 19.4 Å². The van der Waals surface area contributed by atoms with Crippen molar-refractivity contribution in [3.8, 4) is 22.8 Å². The first-order valence-corrected chi connectivity index (χ1v) is 9.09. The summed E-state index contributed by atoms with van der Waals surface area (Å²) in [6.45, 7) is 4.66. The summed E-state index contributed by atoms with van der Waals surface area (Å²) in [5.41, 5.74) is 4.45. The highest BCUT2D eigenvalue weighted by Crippen LogP contribution is 2.29. The van der Waals surface area contributed by atoms with Crippen LogP contribution in [0.4, 0.5) is 0 Å². The Morgan fingerprint density at radius 1 is 1.04 bits per heavy atom. The van der Waals surface area contributed by atoms with E-state index >= 15 is 0 Å². The summed E-state index contributed by atoms with van der Waals surface area (Å²) in [7, 11) is 1.65. The van der Waals surface area contributed by atoms with E-state index in [1.807, 2.05) is 37.3 Å². The maximum atomic E-state index is 5.55. The highest BCUT2D eigenvalue weighted by atomic mass is 32.1. The van der Waals surface area contributed by atoms with Gasteiger partial charge in [-0.1, -0.05) is 42.0 Å². The van der Waals surface area contributed by atoms with E-state index in [1.54, 1.807) is 18.4 Å². The second-order valence-corrected chi connectivity index (χ2v) is 6.50. The number of hydrogen-bond acceptors (Lipinski definition) is 4. The first-order valence-electron chi connectivity index (χ1n) is 8.21. The molecule has 3 aromatic rings. The fourth-order valence-corrected chi connectivity index (χ4v) is 3.17. The van der Waals surface area contributed by atoms with E-state index in [0.717, 1.165) is 33.3 Å². The Morgan fingerprint density at radius 2 is 1.84 bits per heavy atom. The molecule has 0 fully saturated rings. The van der Waals surface area contributed by atoms with Gasteiger partial charge in [0, 0.05) is 10.9 Å². The first-order chi connectivity index (χ1) is 12.2. The molecule has 0 saturated carbocycles. The van der Waals surface area contributed by atoms with Crippen molar-refractivity contribution in [3.05, 3.63) is 64.0 Å². The molecule has 0 aliphatic carbocycles. The van der Waals surface area contributed by atoms with Gasteiger partial charge in [-0.3, -0.25) is 0 Å². The lowest BCUT2D eigenvalue weighted by Crippen LogP contribution is -1.95. The van der Waals surface area contributed by atoms with E-state index in [1.165, 1.54) is 5.56 Å². The van der Waals surface area contributed by atoms with Crippen LogP contribution < -0.4 is 9.47 Å². The molecule has 0 radical (unpaired) electrons. The average molecular weight is 351 g/mol. The number of nitrogens with zero attached hydrogens (tertiary/aromatic N) is 1. The molecule has 0 N–H and O–H groups in total. The third kappa shape index (κ3) is 4.28. The SMILES string of the molecule is CCOc1ccc(/C=C/c2nc(-c3ccc(C)cc3)cs2)cc1OC. The van der Waals surface area contributed by atoms with E-state index < -0.39 is 0 Å². The van der Waals surface area contributed by atoms with E-state index in [4.69, 9.17) is 14.5 Å². The van der Waals surface area contributed by atoms with Crippen LogP contribution in [0.15, 0.2) is 47.8 Å². The molecular formula is C21H21NO2S. The molecule has 2 aromatic carbocycles. The topological polar surface area (TPSA) is 31.4 Å². The van der Waals surface area contributed by atoms with Crippen LogP contribution in [-0.4, -0.2) is 18.7 Å². The molecule has 0 spiro atoms. The van der Waals surface area contributed by atoms with Crippen molar-refractivity contribution in [2.45, 2.75) is 13.8 Å². The molecule has 0 bridgehead atoms. The number of aryl methyl sites for hydroxylation is 1. The van der Waals surface area contributed by atoms with Crippen molar-refractivity contribution in [1.29, 1.82) is 0 Å². The summed E-state index contributed by atoms with van der Waals surface area (Å²) < 4.78 is 10.9. The van der Waals surface area contributed by atoms with Gasteiger partial charge in [0.15, 0.2) is 11.5 Å². The Balaban J connectivity index is 1.77. The highest BCUT2D eigenvalue weighted by molar-refractivity contribution is 7.10. The number of aromatic nitrogens is 1. The molecule has 128 valence electrons. The van der Waals surface area contributed by atoms with Gasteiger partial charge in [-0.25, -0.2) is 4.98 Å². The minimum atomic E-state index is 0.618. The van der Waals surface area contributed by atoms with E-state index in [2.05, 4.69) is 36.6 Å². The normalized spacial score (nSPS) is 11.0. The number of methoxy groups -OCH3 is 1. The summed E-state index contributed by atoms with van der Waals surface area (Å²) in [6.07, 6.45) is 4.06. The van der Waals surface area contributed by atoms with Crippen LogP contribution in [0, 0.1) is 6.92 Å². The standard InChI is InChI=1S/C21H21NO2S/c1-4-24-19-11-7-16(13-20(19)23-3)8-12-21-22-18(14-25-21)17-9-5-15(2)6-10-17/h5-14H,4H2,1-3H3/b12-8+. The van der Waals surface area contributed by atoms with Crippen LogP contribution in [0.5, 0.6) is 11.5 Å². The molecule has 25 heavy (non-hydrogen) atoms. The quantitative estimate of drug-likeness (QED) is 0.571. The fraction of sp³-hybridized carbons (Fsp3) is 0.190. The largest absolute Gasteiger partial charge is 0.493 e. The van der Waals surface area contributed by atoms with Crippen LogP contribution >= 0.6 is 11.3 Å². The third-order valence-electron chi connectivity index (χ3n) is 3.78. The molecule has 1 heterocycles. The van der Waals surface area contributed by atoms with Crippen LogP contribution in [0.1, 0.15) is 23.1 Å². The zero-order chi connectivity index (χ0) is 17.6. The Labute approximate surface area is 152 Å². The van der Waals surface area contributed by atoms with Crippen LogP contribution in [-0.2, 0) is 0 Å². The van der Waals surface area contributed by atoms with Crippen LogP contribution in [0.25, 0.3) is 23.4 Å². The zero-order valence-corrected chi connectivity index (χ0v) is 15.5. The maximum absolute atomic E-state index is 5.55. The molecule has 3 nitrogen and oxygen atoms in total. The lowest BCUT2D eigenvalue weighted by Gasteiger charge is -2.09. The van der Waals surface area contributed by atoms with Crippen molar-refractivity contribution in [2.75, 3.05) is 13.7 Å². The van der Waals surface area contributed by atoms with Gasteiger partial charge in [-0.05, 0) is 37.6 Å². The summed E-state index contributed by atoms with van der Waals surface area (Å²) in [4.78, 5) is 4.69. The Hall–Kier alpha value is -2.59. The van der Waals surface area contributed by atoms with Gasteiger partial charge in [-0.15, -0.1) is 11.3 Å². The lowest BCUT2D eigenvalue weighted by molar-refractivity contribution is 0.311. The Morgan fingerprint density at radius 3 is 2.56 bits per heavy atom. The zero-order valence-electron chi connectivity index (χ0n) is 14.7. The molecule has 0 aliphatic heterocycles. The van der Waals surface area contributed by atoms with Gasteiger partial charge >= 0.3 is 0 Å². The maximum Gasteiger partial charge on any atom is 0.161 e. The summed E-state index contributed by atoms with van der Waals surface area (Å²) >= 11 is 1.64. The number of hydrogen-bond donors (Lipinski definition) is 0. The smallest absolute Gasteiger partial charge is 0.161 e. The molecule has 0 amide bonds. The van der Waals surface area contributed by atoms with E-state index in [-0.39, 0.29) is 0 Å². The third-order valence-corrected chi connectivity index (χ3v) is 4.59. The summed E-state index contributed by atoms with van der Waals surface area (Å²) in [5, 5.41) is 3.06. The lowest BCUT2D eigenvalue weighted by atomic mass is 10.1. The minimum absolute atomic E-state index is 0.618. The fourth-order valence-electron chi connectivity index (χ4n) is 2.45. The predicted octanol–water partition coefficient (Wildman–Crippen LogP) is 5.70.